The van der Waals surface area contributed by atoms with Gasteiger partial charge in [0.2, 0.25) is 5.91 Å². The first kappa shape index (κ1) is 28.2. The fourth-order valence-electron chi connectivity index (χ4n) is 4.50. The molecule has 0 bridgehead atoms. The molecular weight excluding hydrogens is 509 g/mol. The van der Waals surface area contributed by atoms with E-state index in [-0.39, 0.29) is 24.5 Å². The van der Waals surface area contributed by atoms with Crippen LogP contribution in [0, 0.1) is 0 Å². The lowest BCUT2D eigenvalue weighted by molar-refractivity contribution is -0.156. The fraction of sp³-hybridized carbons (Fsp3) is 0.333. The summed E-state index contributed by atoms with van der Waals surface area (Å²) in [5.41, 5.74) is 7.11. The largest absolute Gasteiger partial charge is 0.489 e. The molecule has 0 aromatic heterocycles. The lowest BCUT2D eigenvalue weighted by Crippen LogP contribution is -2.45. The molecule has 9 heteroatoms. The smallest absolute Gasteiger partial charge is 0.417 e. The van der Waals surface area contributed by atoms with Gasteiger partial charge in [0.25, 0.3) is 0 Å². The van der Waals surface area contributed by atoms with Crippen LogP contribution in [0.3, 0.4) is 0 Å². The third-order valence-electron chi connectivity index (χ3n) is 6.22. The van der Waals surface area contributed by atoms with E-state index in [4.69, 9.17) is 15.2 Å². The maximum absolute atomic E-state index is 13.8. The summed E-state index contributed by atoms with van der Waals surface area (Å²) in [6, 6.07) is 16.7. The number of anilines is 1. The molecule has 3 aromatic carbocycles. The molecule has 0 aliphatic carbocycles. The Balaban J connectivity index is 1.43. The zero-order chi connectivity index (χ0) is 28.4. The normalized spacial score (nSPS) is 14.1. The third-order valence-corrected chi connectivity index (χ3v) is 6.22. The molecule has 0 radical (unpaired) electrons. The minimum atomic E-state index is -4.52. The van der Waals surface area contributed by atoms with Crippen molar-refractivity contribution in [1.82, 2.24) is 0 Å². The SMILES string of the molecule is CC(C)(C)OC(=O)CC(N)C(=O)N1CCc2cc(OCc3ccc(-c4ccccc4)c(C(F)(F)F)c3)ccc21. The van der Waals surface area contributed by atoms with Gasteiger partial charge in [-0.1, -0.05) is 42.5 Å². The highest BCUT2D eigenvalue weighted by Crippen LogP contribution is 2.38. The molecule has 1 heterocycles. The van der Waals surface area contributed by atoms with Crippen molar-refractivity contribution in [3.8, 4) is 16.9 Å². The highest BCUT2D eigenvalue weighted by atomic mass is 19.4. The van der Waals surface area contributed by atoms with Crippen molar-refractivity contribution in [3.63, 3.8) is 0 Å². The molecule has 3 aromatic rings. The predicted molar refractivity (Wildman–Crippen MR) is 142 cm³/mol. The van der Waals surface area contributed by atoms with Gasteiger partial charge in [-0.3, -0.25) is 9.59 Å². The Morgan fingerprint density at radius 2 is 1.72 bits per heavy atom. The Kier molecular flexibility index (Phi) is 8.02. The fourth-order valence-corrected chi connectivity index (χ4v) is 4.50. The van der Waals surface area contributed by atoms with E-state index in [0.717, 1.165) is 11.6 Å². The molecule has 2 N–H and O–H groups in total. The molecule has 0 fully saturated rings. The second-order valence-corrected chi connectivity index (χ2v) is 10.5. The van der Waals surface area contributed by atoms with Crippen LogP contribution >= 0.6 is 0 Å². The van der Waals surface area contributed by atoms with E-state index in [1.165, 1.54) is 11.0 Å². The quantitative estimate of drug-likeness (QED) is 0.378. The molecule has 0 saturated heterocycles. The Morgan fingerprint density at radius 3 is 2.38 bits per heavy atom. The number of amides is 1. The van der Waals surface area contributed by atoms with Gasteiger partial charge in [0.1, 0.15) is 18.0 Å². The number of carbonyl (C=O) groups is 2. The first-order valence-electron chi connectivity index (χ1n) is 12.6. The van der Waals surface area contributed by atoms with Crippen molar-refractivity contribution in [2.24, 2.45) is 5.73 Å². The molecule has 1 amide bonds. The van der Waals surface area contributed by atoms with E-state index in [1.54, 1.807) is 75.4 Å². The molecule has 1 aliphatic heterocycles. The molecule has 0 spiro atoms. The van der Waals surface area contributed by atoms with Gasteiger partial charge in [0.05, 0.1) is 18.0 Å². The monoisotopic (exact) mass is 540 g/mol. The number of rotatable bonds is 7. The predicted octanol–water partition coefficient (Wildman–Crippen LogP) is 5.90. The number of carbonyl (C=O) groups excluding carboxylic acids is 2. The molecule has 206 valence electrons. The van der Waals surface area contributed by atoms with Crippen molar-refractivity contribution in [1.29, 1.82) is 0 Å². The zero-order valence-corrected chi connectivity index (χ0v) is 22.0. The number of halogens is 3. The Morgan fingerprint density at radius 1 is 1.00 bits per heavy atom. The highest BCUT2D eigenvalue weighted by Gasteiger charge is 2.34. The van der Waals surface area contributed by atoms with Gasteiger partial charge in [0.15, 0.2) is 0 Å². The summed E-state index contributed by atoms with van der Waals surface area (Å²) in [4.78, 5) is 26.5. The van der Waals surface area contributed by atoms with Crippen LogP contribution in [-0.4, -0.2) is 30.1 Å². The van der Waals surface area contributed by atoms with Gasteiger partial charge in [-0.05, 0) is 73.7 Å². The van der Waals surface area contributed by atoms with Crippen LogP contribution in [0.25, 0.3) is 11.1 Å². The van der Waals surface area contributed by atoms with Crippen LogP contribution in [-0.2, 0) is 33.5 Å². The van der Waals surface area contributed by atoms with Crippen molar-refractivity contribution >= 4 is 17.6 Å². The number of fused-ring (bicyclic) bond motifs is 1. The van der Waals surface area contributed by atoms with E-state index in [0.29, 0.717) is 35.5 Å². The molecule has 0 saturated carbocycles. The van der Waals surface area contributed by atoms with Gasteiger partial charge >= 0.3 is 12.1 Å². The van der Waals surface area contributed by atoms with E-state index in [9.17, 15) is 22.8 Å². The summed E-state index contributed by atoms with van der Waals surface area (Å²) >= 11 is 0. The standard InChI is InChI=1S/C30H31F3N2O4/c1-29(2,3)39-27(36)17-25(34)28(37)35-14-13-21-16-22(10-12-26(21)35)38-18-19-9-11-23(20-7-5-4-6-8-20)24(15-19)30(31,32)33/h4-12,15-16,25H,13-14,17-18,34H2,1-3H3. The number of ether oxygens (including phenoxy) is 2. The van der Waals surface area contributed by atoms with Gasteiger partial charge in [-0.15, -0.1) is 0 Å². The van der Waals surface area contributed by atoms with E-state index in [1.807, 2.05) is 0 Å². The first-order chi connectivity index (χ1) is 18.3. The molecular formula is C30H31F3N2O4. The minimum absolute atomic E-state index is 0.0552. The summed E-state index contributed by atoms with van der Waals surface area (Å²) in [7, 11) is 0. The summed E-state index contributed by atoms with van der Waals surface area (Å²) < 4.78 is 52.5. The number of alkyl halides is 3. The average Bonchev–Trinajstić information content (AvgIpc) is 3.29. The molecule has 39 heavy (non-hydrogen) atoms. The number of esters is 1. The second kappa shape index (κ2) is 11.1. The highest BCUT2D eigenvalue weighted by molar-refractivity contribution is 6.00. The summed E-state index contributed by atoms with van der Waals surface area (Å²) in [6.07, 6.45) is -4.19. The summed E-state index contributed by atoms with van der Waals surface area (Å²) in [5, 5.41) is 0. The lowest BCUT2D eigenvalue weighted by Gasteiger charge is -2.23. The number of hydrogen-bond donors (Lipinski definition) is 1. The van der Waals surface area contributed by atoms with E-state index >= 15 is 0 Å². The molecule has 1 unspecified atom stereocenters. The summed E-state index contributed by atoms with van der Waals surface area (Å²) in [5.74, 6) is -0.453. The van der Waals surface area contributed by atoms with Crippen LogP contribution in [0.4, 0.5) is 18.9 Å². The van der Waals surface area contributed by atoms with Crippen molar-refractivity contribution in [3.05, 3.63) is 83.4 Å². The second-order valence-electron chi connectivity index (χ2n) is 10.5. The first-order valence-corrected chi connectivity index (χ1v) is 12.6. The lowest BCUT2D eigenvalue weighted by atomic mass is 9.97. The van der Waals surface area contributed by atoms with E-state index < -0.39 is 29.4 Å². The van der Waals surface area contributed by atoms with Crippen molar-refractivity contribution in [2.75, 3.05) is 11.4 Å². The molecule has 1 atom stereocenters. The molecule has 1 aliphatic rings. The maximum atomic E-state index is 13.8. The van der Waals surface area contributed by atoms with Gasteiger partial charge < -0.3 is 20.1 Å². The van der Waals surface area contributed by atoms with Crippen molar-refractivity contribution < 1.29 is 32.2 Å². The Bertz CT molecular complexity index is 1350. The number of hydrogen-bond acceptors (Lipinski definition) is 5. The van der Waals surface area contributed by atoms with Crippen molar-refractivity contribution in [2.45, 2.75) is 58.0 Å². The Hall–Kier alpha value is -3.85. The average molecular weight is 541 g/mol. The minimum Gasteiger partial charge on any atom is -0.489 e. The van der Waals surface area contributed by atoms with Crippen LogP contribution in [0.2, 0.25) is 0 Å². The number of nitrogens with zero attached hydrogens (tertiary/aromatic N) is 1. The summed E-state index contributed by atoms with van der Waals surface area (Å²) in [6.45, 7) is 5.56. The maximum Gasteiger partial charge on any atom is 0.417 e. The number of nitrogens with two attached hydrogens (primary N) is 1. The molecule has 4 rings (SSSR count). The van der Waals surface area contributed by atoms with Gasteiger partial charge in [-0.25, -0.2) is 0 Å². The van der Waals surface area contributed by atoms with Crippen LogP contribution in [0.15, 0.2) is 66.7 Å². The number of benzene rings is 3. The van der Waals surface area contributed by atoms with Crippen LogP contribution in [0.5, 0.6) is 5.75 Å². The topological polar surface area (TPSA) is 81.9 Å². The van der Waals surface area contributed by atoms with Gasteiger partial charge in [0, 0.05) is 12.2 Å². The van der Waals surface area contributed by atoms with Crippen LogP contribution < -0.4 is 15.4 Å². The van der Waals surface area contributed by atoms with E-state index in [2.05, 4.69) is 0 Å². The third kappa shape index (κ3) is 6.97. The zero-order valence-electron chi connectivity index (χ0n) is 22.0. The van der Waals surface area contributed by atoms with Gasteiger partial charge in [-0.2, -0.15) is 13.2 Å². The van der Waals surface area contributed by atoms with Crippen LogP contribution in [0.1, 0.15) is 43.9 Å². The Labute approximate surface area is 225 Å². The molecule has 6 nitrogen and oxygen atoms in total.